The van der Waals surface area contributed by atoms with E-state index < -0.39 is 6.10 Å². The van der Waals surface area contributed by atoms with E-state index in [1.165, 1.54) is 5.56 Å². The number of hydrogen-bond acceptors (Lipinski definition) is 2. The van der Waals surface area contributed by atoms with Crippen LogP contribution in [0.3, 0.4) is 0 Å². The van der Waals surface area contributed by atoms with Gasteiger partial charge in [-0.25, -0.2) is 0 Å². The number of hydrogen-bond donors (Lipinski definition) is 0. The minimum atomic E-state index is -0.392. The zero-order valence-corrected chi connectivity index (χ0v) is 11.9. The van der Waals surface area contributed by atoms with Gasteiger partial charge in [0.15, 0.2) is 5.78 Å². The summed E-state index contributed by atoms with van der Waals surface area (Å²) in [7, 11) is 0. The Labute approximate surface area is 110 Å². The van der Waals surface area contributed by atoms with Crippen LogP contribution in [0, 0.1) is 0 Å². The first-order chi connectivity index (χ1) is 8.60. The Morgan fingerprint density at radius 2 is 1.67 bits per heavy atom. The van der Waals surface area contributed by atoms with Gasteiger partial charge in [-0.15, -0.1) is 0 Å². The molecule has 0 saturated heterocycles. The summed E-state index contributed by atoms with van der Waals surface area (Å²) in [5.74, 6) is 0.688. The molecule has 1 aromatic rings. The lowest BCUT2D eigenvalue weighted by atomic mass is 9.97. The zero-order chi connectivity index (χ0) is 13.5. The van der Waals surface area contributed by atoms with Crippen molar-refractivity contribution in [3.8, 4) is 0 Å². The van der Waals surface area contributed by atoms with Gasteiger partial charge in [0.25, 0.3) is 0 Å². The second-order valence-electron chi connectivity index (χ2n) is 4.87. The van der Waals surface area contributed by atoms with Gasteiger partial charge < -0.3 is 4.74 Å². The van der Waals surface area contributed by atoms with Crippen molar-refractivity contribution in [3.63, 3.8) is 0 Å². The maximum atomic E-state index is 12.0. The fraction of sp³-hybridized carbons (Fsp3) is 0.562. The van der Waals surface area contributed by atoms with Crippen LogP contribution < -0.4 is 0 Å². The van der Waals surface area contributed by atoms with Crippen LogP contribution in [0.25, 0.3) is 0 Å². The van der Waals surface area contributed by atoms with Gasteiger partial charge >= 0.3 is 0 Å². The SMILES string of the molecule is CCCC(=O)C(OCC)c1ccc(C(C)C)cc1. The van der Waals surface area contributed by atoms with Crippen LogP contribution in [-0.2, 0) is 9.53 Å². The van der Waals surface area contributed by atoms with Gasteiger partial charge in [0, 0.05) is 13.0 Å². The van der Waals surface area contributed by atoms with Gasteiger partial charge in [-0.1, -0.05) is 45.0 Å². The van der Waals surface area contributed by atoms with Crippen molar-refractivity contribution in [2.75, 3.05) is 6.61 Å². The topological polar surface area (TPSA) is 26.3 Å². The highest BCUT2D eigenvalue weighted by Crippen LogP contribution is 2.23. The second kappa shape index (κ2) is 7.32. The third-order valence-corrected chi connectivity index (χ3v) is 3.03. The molecule has 0 aliphatic heterocycles. The monoisotopic (exact) mass is 248 g/mol. The number of rotatable bonds is 7. The van der Waals surface area contributed by atoms with Crippen molar-refractivity contribution in [1.82, 2.24) is 0 Å². The average Bonchev–Trinajstić information content (AvgIpc) is 2.36. The molecule has 100 valence electrons. The van der Waals surface area contributed by atoms with Crippen molar-refractivity contribution in [2.45, 2.75) is 52.6 Å². The second-order valence-corrected chi connectivity index (χ2v) is 4.87. The standard InChI is InChI=1S/C16H24O2/c1-5-7-15(17)16(18-6-2)14-10-8-13(9-11-14)12(3)4/h8-12,16H,5-7H2,1-4H3. The number of ether oxygens (including phenoxy) is 1. The third-order valence-electron chi connectivity index (χ3n) is 3.03. The zero-order valence-electron chi connectivity index (χ0n) is 11.9. The fourth-order valence-electron chi connectivity index (χ4n) is 1.97. The number of Topliss-reactive ketones (excluding diaryl/α,β-unsaturated/α-hetero) is 1. The van der Waals surface area contributed by atoms with Crippen LogP contribution in [0.4, 0.5) is 0 Å². The van der Waals surface area contributed by atoms with E-state index >= 15 is 0 Å². The van der Waals surface area contributed by atoms with Crippen molar-refractivity contribution in [1.29, 1.82) is 0 Å². The van der Waals surface area contributed by atoms with E-state index in [1.54, 1.807) is 0 Å². The van der Waals surface area contributed by atoms with Crippen LogP contribution in [0.15, 0.2) is 24.3 Å². The highest BCUT2D eigenvalue weighted by atomic mass is 16.5. The molecule has 0 bridgehead atoms. The Morgan fingerprint density at radius 1 is 1.11 bits per heavy atom. The van der Waals surface area contributed by atoms with Crippen molar-refractivity contribution in [3.05, 3.63) is 35.4 Å². The summed E-state index contributed by atoms with van der Waals surface area (Å²) in [6, 6.07) is 8.21. The molecule has 0 amide bonds. The lowest BCUT2D eigenvalue weighted by Crippen LogP contribution is -2.16. The van der Waals surface area contributed by atoms with E-state index in [0.29, 0.717) is 18.9 Å². The van der Waals surface area contributed by atoms with E-state index in [0.717, 1.165) is 12.0 Å². The molecular weight excluding hydrogens is 224 g/mol. The molecule has 0 aliphatic carbocycles. The smallest absolute Gasteiger partial charge is 0.166 e. The summed E-state index contributed by atoms with van der Waals surface area (Å²) in [6.07, 6.45) is 1.06. The molecule has 0 spiro atoms. The maximum Gasteiger partial charge on any atom is 0.166 e. The normalized spacial score (nSPS) is 12.7. The largest absolute Gasteiger partial charge is 0.366 e. The van der Waals surface area contributed by atoms with E-state index in [4.69, 9.17) is 4.74 Å². The summed E-state index contributed by atoms with van der Waals surface area (Å²) in [6.45, 7) is 8.83. The average molecular weight is 248 g/mol. The number of ketones is 1. The Balaban J connectivity index is 2.88. The predicted molar refractivity (Wildman–Crippen MR) is 74.8 cm³/mol. The molecule has 1 atom stereocenters. The molecule has 2 nitrogen and oxygen atoms in total. The maximum absolute atomic E-state index is 12.0. The summed E-state index contributed by atoms with van der Waals surface area (Å²) < 4.78 is 5.59. The first-order valence-corrected chi connectivity index (χ1v) is 6.84. The van der Waals surface area contributed by atoms with Crippen molar-refractivity contribution < 1.29 is 9.53 Å². The molecule has 1 rings (SSSR count). The molecule has 0 fully saturated rings. The number of carbonyl (C=O) groups excluding carboxylic acids is 1. The highest BCUT2D eigenvalue weighted by Gasteiger charge is 2.19. The van der Waals surface area contributed by atoms with Crippen LogP contribution in [0.2, 0.25) is 0 Å². The van der Waals surface area contributed by atoms with Gasteiger partial charge in [-0.2, -0.15) is 0 Å². The summed E-state index contributed by atoms with van der Waals surface area (Å²) in [4.78, 5) is 12.0. The van der Waals surface area contributed by atoms with Gasteiger partial charge in [-0.05, 0) is 30.4 Å². The summed E-state index contributed by atoms with van der Waals surface area (Å²) >= 11 is 0. The van der Waals surface area contributed by atoms with E-state index in [1.807, 2.05) is 26.0 Å². The molecule has 0 radical (unpaired) electrons. The Morgan fingerprint density at radius 3 is 2.11 bits per heavy atom. The first-order valence-electron chi connectivity index (χ1n) is 6.84. The Hall–Kier alpha value is -1.15. The molecule has 1 unspecified atom stereocenters. The van der Waals surface area contributed by atoms with Crippen LogP contribution in [-0.4, -0.2) is 12.4 Å². The van der Waals surface area contributed by atoms with Crippen LogP contribution in [0.5, 0.6) is 0 Å². The van der Waals surface area contributed by atoms with E-state index in [2.05, 4.69) is 26.0 Å². The minimum absolute atomic E-state index is 0.177. The van der Waals surface area contributed by atoms with Crippen LogP contribution >= 0.6 is 0 Å². The van der Waals surface area contributed by atoms with Gasteiger partial charge in [0.05, 0.1) is 0 Å². The quantitative estimate of drug-likeness (QED) is 0.720. The van der Waals surface area contributed by atoms with Crippen molar-refractivity contribution in [2.24, 2.45) is 0 Å². The molecular formula is C16H24O2. The lowest BCUT2D eigenvalue weighted by molar-refractivity contribution is -0.130. The molecule has 1 aromatic carbocycles. The molecule has 2 heteroatoms. The van der Waals surface area contributed by atoms with Gasteiger partial charge in [-0.3, -0.25) is 4.79 Å². The lowest BCUT2D eigenvalue weighted by Gasteiger charge is -2.17. The van der Waals surface area contributed by atoms with Gasteiger partial charge in [0.1, 0.15) is 6.10 Å². The summed E-state index contributed by atoms with van der Waals surface area (Å²) in [5, 5.41) is 0. The Bertz CT molecular complexity index is 365. The first kappa shape index (κ1) is 14.9. The molecule has 0 saturated carbocycles. The number of benzene rings is 1. The van der Waals surface area contributed by atoms with Gasteiger partial charge in [0.2, 0.25) is 0 Å². The third kappa shape index (κ3) is 3.95. The fourth-order valence-corrected chi connectivity index (χ4v) is 1.97. The molecule has 0 aromatic heterocycles. The van der Waals surface area contributed by atoms with Crippen molar-refractivity contribution >= 4 is 5.78 Å². The van der Waals surface area contributed by atoms with E-state index in [-0.39, 0.29) is 5.78 Å². The molecule has 0 N–H and O–H groups in total. The highest BCUT2D eigenvalue weighted by molar-refractivity contribution is 5.84. The predicted octanol–water partition coefficient (Wildman–Crippen LogP) is 4.26. The Kier molecular flexibility index (Phi) is 6.06. The van der Waals surface area contributed by atoms with Crippen LogP contribution in [0.1, 0.15) is 63.7 Å². The minimum Gasteiger partial charge on any atom is -0.366 e. The van der Waals surface area contributed by atoms with E-state index in [9.17, 15) is 4.79 Å². The summed E-state index contributed by atoms with van der Waals surface area (Å²) in [5.41, 5.74) is 2.26. The molecule has 0 heterocycles. The molecule has 18 heavy (non-hydrogen) atoms. The number of carbonyl (C=O) groups is 1. The molecule has 0 aliphatic rings.